The maximum atomic E-state index is 5.77. The molecule has 0 spiro atoms. The lowest BCUT2D eigenvalue weighted by Gasteiger charge is -2.20. The van der Waals surface area contributed by atoms with Crippen molar-refractivity contribution in [2.45, 2.75) is 24.5 Å². The molecule has 3 N–H and O–H groups in total. The van der Waals surface area contributed by atoms with Crippen molar-refractivity contribution in [2.24, 2.45) is 0 Å². The monoisotopic (exact) mass is 216 g/mol. The summed E-state index contributed by atoms with van der Waals surface area (Å²) in [6.07, 6.45) is 2.34. The van der Waals surface area contributed by atoms with E-state index in [1.54, 1.807) is 0 Å². The highest BCUT2D eigenvalue weighted by Crippen LogP contribution is 2.44. The summed E-state index contributed by atoms with van der Waals surface area (Å²) < 4.78 is 2.01. The molecule has 1 fully saturated rings. The second-order valence-corrected chi connectivity index (χ2v) is 5.39. The van der Waals surface area contributed by atoms with Crippen molar-refractivity contribution in [3.05, 3.63) is 10.6 Å². The third-order valence-electron chi connectivity index (χ3n) is 2.40. The molecule has 0 amide bonds. The number of thioether (sulfide) groups is 1. The van der Waals surface area contributed by atoms with Gasteiger partial charge in [0.1, 0.15) is 0 Å². The molecule has 1 unspecified atom stereocenters. The fourth-order valence-electron chi connectivity index (χ4n) is 1.63. The van der Waals surface area contributed by atoms with Crippen LogP contribution in [0.2, 0.25) is 0 Å². The molecule has 1 aromatic heterocycles. The first-order chi connectivity index (χ1) is 6.13. The number of nitrogens with one attached hydrogen (secondary N) is 1. The largest absolute Gasteiger partial charge is 0.335 e. The zero-order valence-corrected chi connectivity index (χ0v) is 9.04. The number of nitrogens with zero attached hydrogens (tertiary/aromatic N) is 2. The summed E-state index contributed by atoms with van der Waals surface area (Å²) in [5.41, 5.74) is 0. The number of rotatable bonds is 1. The van der Waals surface area contributed by atoms with Gasteiger partial charge in [-0.25, -0.2) is 4.68 Å². The Morgan fingerprint density at radius 2 is 2.54 bits per heavy atom. The third kappa shape index (κ3) is 1.38. The van der Waals surface area contributed by atoms with Gasteiger partial charge in [0.25, 0.3) is 0 Å². The molecule has 2 heterocycles. The zero-order chi connectivity index (χ0) is 9.47. The average molecular weight is 216 g/mol. The summed E-state index contributed by atoms with van der Waals surface area (Å²) in [4.78, 5) is 0. The molecule has 2 rings (SSSR count). The van der Waals surface area contributed by atoms with Crippen molar-refractivity contribution in [3.8, 4) is 0 Å². The predicted molar refractivity (Wildman–Crippen MR) is 56.6 cm³/mol. The summed E-state index contributed by atoms with van der Waals surface area (Å²) in [5, 5.41) is 6.89. The quantitative estimate of drug-likeness (QED) is 0.550. The molecule has 6 heteroatoms. The van der Waals surface area contributed by atoms with Gasteiger partial charge in [0.05, 0.1) is 4.75 Å². The van der Waals surface area contributed by atoms with Crippen LogP contribution in [0.5, 0.6) is 0 Å². The van der Waals surface area contributed by atoms with Crippen LogP contribution in [-0.4, -0.2) is 20.6 Å². The molecule has 1 aliphatic rings. The Balaban J connectivity index is 2.44. The van der Waals surface area contributed by atoms with Crippen molar-refractivity contribution in [1.29, 1.82) is 0 Å². The molecule has 0 bridgehead atoms. The first kappa shape index (κ1) is 9.08. The fourth-order valence-corrected chi connectivity index (χ4v) is 3.07. The summed E-state index contributed by atoms with van der Waals surface area (Å²) in [7, 11) is 0. The van der Waals surface area contributed by atoms with Gasteiger partial charge in [-0.3, -0.25) is 5.10 Å². The van der Waals surface area contributed by atoms with Gasteiger partial charge >= 0.3 is 0 Å². The lowest BCUT2D eigenvalue weighted by molar-refractivity contribution is 0.585. The Hall–Kier alpha value is -0.490. The van der Waals surface area contributed by atoms with Gasteiger partial charge in [-0.15, -0.1) is 11.8 Å². The normalized spacial score (nSPS) is 28.1. The third-order valence-corrected chi connectivity index (χ3v) is 4.20. The van der Waals surface area contributed by atoms with E-state index in [2.05, 4.69) is 17.1 Å². The number of hydrogen-bond donors (Lipinski definition) is 2. The maximum absolute atomic E-state index is 5.77. The van der Waals surface area contributed by atoms with E-state index in [-0.39, 0.29) is 4.75 Å². The minimum absolute atomic E-state index is 0.0440. The van der Waals surface area contributed by atoms with Gasteiger partial charge in [0.2, 0.25) is 4.77 Å². The van der Waals surface area contributed by atoms with E-state index in [1.807, 2.05) is 11.8 Å². The molecule has 1 aromatic rings. The molecule has 0 saturated carbocycles. The second-order valence-electron chi connectivity index (χ2n) is 3.41. The number of hydrogen-bond acceptors (Lipinski definition) is 4. The highest BCUT2D eigenvalue weighted by Gasteiger charge is 2.35. The SMILES string of the molecule is CC1(c2n[nH]c(=S)n2N)CCCS1. The topological polar surface area (TPSA) is 59.6 Å². The Kier molecular flexibility index (Phi) is 2.11. The zero-order valence-electron chi connectivity index (χ0n) is 7.41. The smallest absolute Gasteiger partial charge is 0.214 e. The molecule has 1 saturated heterocycles. The number of nitrogens with two attached hydrogens (primary N) is 1. The van der Waals surface area contributed by atoms with Crippen LogP contribution >= 0.6 is 24.0 Å². The highest BCUT2D eigenvalue weighted by molar-refractivity contribution is 8.00. The lowest BCUT2D eigenvalue weighted by Crippen LogP contribution is -2.24. The molecular weight excluding hydrogens is 204 g/mol. The van der Waals surface area contributed by atoms with E-state index < -0.39 is 0 Å². The van der Waals surface area contributed by atoms with Gasteiger partial charge in [0.15, 0.2) is 5.82 Å². The minimum Gasteiger partial charge on any atom is -0.335 e. The van der Waals surface area contributed by atoms with Crippen LogP contribution in [0.1, 0.15) is 25.6 Å². The van der Waals surface area contributed by atoms with Crippen LogP contribution < -0.4 is 5.84 Å². The van der Waals surface area contributed by atoms with Crippen molar-refractivity contribution in [1.82, 2.24) is 14.9 Å². The summed E-state index contributed by atoms with van der Waals surface area (Å²) >= 11 is 6.87. The number of H-pyrrole nitrogens is 1. The summed E-state index contributed by atoms with van der Waals surface area (Å²) in [5.74, 6) is 7.81. The van der Waals surface area contributed by atoms with Crippen molar-refractivity contribution >= 4 is 24.0 Å². The van der Waals surface area contributed by atoms with Gasteiger partial charge in [0, 0.05) is 0 Å². The number of nitrogen functional groups attached to an aromatic ring is 1. The molecule has 13 heavy (non-hydrogen) atoms. The second kappa shape index (κ2) is 3.02. The Morgan fingerprint density at radius 3 is 3.00 bits per heavy atom. The molecule has 0 aromatic carbocycles. The van der Waals surface area contributed by atoms with Crippen LogP contribution in [0, 0.1) is 4.77 Å². The molecular formula is C7H12N4S2. The van der Waals surface area contributed by atoms with E-state index >= 15 is 0 Å². The molecule has 1 atom stereocenters. The lowest BCUT2D eigenvalue weighted by atomic mass is 10.1. The minimum atomic E-state index is 0.0440. The van der Waals surface area contributed by atoms with Crippen molar-refractivity contribution < 1.29 is 0 Å². The van der Waals surface area contributed by atoms with Crippen LogP contribution in [0.4, 0.5) is 0 Å². The summed E-state index contributed by atoms with van der Waals surface area (Å²) in [6.45, 7) is 2.17. The molecule has 1 aliphatic heterocycles. The van der Waals surface area contributed by atoms with E-state index in [1.165, 1.54) is 16.8 Å². The Morgan fingerprint density at radius 1 is 1.77 bits per heavy atom. The van der Waals surface area contributed by atoms with Gasteiger partial charge < -0.3 is 5.84 Å². The summed E-state index contributed by atoms with van der Waals surface area (Å²) in [6, 6.07) is 0. The van der Waals surface area contributed by atoms with Gasteiger partial charge in [-0.2, -0.15) is 5.10 Å². The predicted octanol–water partition coefficient (Wildman–Crippen LogP) is 1.40. The standard InChI is InChI=1S/C7H12N4S2/c1-7(3-2-4-13-7)5-9-10-6(12)11(5)8/h2-4,8H2,1H3,(H,10,12). The van der Waals surface area contributed by atoms with Crippen LogP contribution in [0.15, 0.2) is 0 Å². The van der Waals surface area contributed by atoms with Crippen molar-refractivity contribution in [2.75, 3.05) is 11.6 Å². The van der Waals surface area contributed by atoms with Gasteiger partial charge in [-0.05, 0) is 37.7 Å². The number of aromatic amines is 1. The molecule has 0 radical (unpaired) electrons. The van der Waals surface area contributed by atoms with E-state index in [0.717, 1.165) is 12.2 Å². The first-order valence-electron chi connectivity index (χ1n) is 4.20. The molecule has 0 aliphatic carbocycles. The fraction of sp³-hybridized carbons (Fsp3) is 0.714. The molecule has 4 nitrogen and oxygen atoms in total. The average Bonchev–Trinajstić information content (AvgIpc) is 2.63. The van der Waals surface area contributed by atoms with E-state index in [0.29, 0.717) is 4.77 Å². The van der Waals surface area contributed by atoms with Crippen LogP contribution in [0.3, 0.4) is 0 Å². The maximum Gasteiger partial charge on any atom is 0.214 e. The number of aromatic nitrogens is 3. The Bertz CT molecular complexity index is 361. The molecule has 72 valence electrons. The first-order valence-corrected chi connectivity index (χ1v) is 5.60. The van der Waals surface area contributed by atoms with Crippen molar-refractivity contribution in [3.63, 3.8) is 0 Å². The van der Waals surface area contributed by atoms with E-state index in [4.69, 9.17) is 18.1 Å². The van der Waals surface area contributed by atoms with E-state index in [9.17, 15) is 0 Å². The van der Waals surface area contributed by atoms with Gasteiger partial charge in [-0.1, -0.05) is 0 Å². The van der Waals surface area contributed by atoms with Crippen LogP contribution in [0.25, 0.3) is 0 Å². The van der Waals surface area contributed by atoms with Crippen LogP contribution in [-0.2, 0) is 4.75 Å². The highest BCUT2D eigenvalue weighted by atomic mass is 32.2. The Labute approximate surface area is 85.9 Å².